The first kappa shape index (κ1) is 16.5. The Morgan fingerprint density at radius 2 is 2.18 bits per heavy atom. The normalized spacial score (nSPS) is 16.6. The number of aromatic nitrogens is 2. The number of carbonyl (C=O) groups excluding carboxylic acids is 1. The maximum absolute atomic E-state index is 11.7. The number of nitrogens with zero attached hydrogens (tertiary/aromatic N) is 2. The molecule has 0 radical (unpaired) electrons. The number of ether oxygens (including phenoxy) is 2. The van der Waals surface area contributed by atoms with Gasteiger partial charge in [-0.05, 0) is 24.6 Å². The molecular formula is C17H24N2O3. The van der Waals surface area contributed by atoms with E-state index in [1.807, 2.05) is 26.0 Å². The average molecular weight is 304 g/mol. The van der Waals surface area contributed by atoms with E-state index in [1.54, 1.807) is 6.07 Å². The zero-order valence-electron chi connectivity index (χ0n) is 13.8. The first-order valence-corrected chi connectivity index (χ1v) is 7.92. The molecule has 3 rings (SSSR count). The molecule has 22 heavy (non-hydrogen) atoms. The van der Waals surface area contributed by atoms with E-state index in [0.29, 0.717) is 5.56 Å². The Kier molecular flexibility index (Phi) is 5.55. The summed E-state index contributed by atoms with van der Waals surface area (Å²) in [7, 11) is 1.39. The van der Waals surface area contributed by atoms with Crippen LogP contribution in [0, 0.1) is 0 Å². The quantitative estimate of drug-likeness (QED) is 0.814. The Bertz CT molecular complexity index is 645. The predicted molar refractivity (Wildman–Crippen MR) is 86.2 cm³/mol. The molecule has 1 aliphatic heterocycles. The smallest absolute Gasteiger partial charge is 0.337 e. The molecular weight excluding hydrogens is 280 g/mol. The van der Waals surface area contributed by atoms with Crippen LogP contribution in [-0.4, -0.2) is 35.3 Å². The molecule has 5 heteroatoms. The van der Waals surface area contributed by atoms with Gasteiger partial charge in [-0.15, -0.1) is 0 Å². The first-order valence-electron chi connectivity index (χ1n) is 7.92. The zero-order valence-corrected chi connectivity index (χ0v) is 13.8. The van der Waals surface area contributed by atoms with Crippen LogP contribution in [0.2, 0.25) is 0 Å². The van der Waals surface area contributed by atoms with Gasteiger partial charge in [-0.25, -0.2) is 9.78 Å². The number of benzene rings is 1. The molecule has 1 aliphatic rings. The van der Waals surface area contributed by atoms with Crippen LogP contribution in [-0.2, 0) is 22.4 Å². The van der Waals surface area contributed by atoms with Crippen LogP contribution in [0.4, 0.5) is 0 Å². The van der Waals surface area contributed by atoms with Gasteiger partial charge in [0.2, 0.25) is 0 Å². The van der Waals surface area contributed by atoms with Gasteiger partial charge in [0.1, 0.15) is 5.82 Å². The lowest BCUT2D eigenvalue weighted by atomic mass is 10.1. The number of aryl methyl sites for hydroxylation is 1. The van der Waals surface area contributed by atoms with Gasteiger partial charge in [-0.3, -0.25) is 0 Å². The molecule has 0 saturated carbocycles. The topological polar surface area (TPSA) is 53.3 Å². The number of imidazole rings is 1. The van der Waals surface area contributed by atoms with Gasteiger partial charge >= 0.3 is 5.97 Å². The molecule has 2 aromatic rings. The standard InChI is InChI=1S/C15H18N2O3.C2H6/c1-3-14-16-12-5-4-10(15(18)19-2)8-13(12)17(14)9-11-6-7-20-11;1-2/h4-5,8,11H,3,6-7,9H2,1-2H3;1-2H3. The second-order valence-electron chi connectivity index (χ2n) is 4.97. The van der Waals surface area contributed by atoms with Crippen molar-refractivity contribution in [1.29, 1.82) is 0 Å². The lowest BCUT2D eigenvalue weighted by Gasteiger charge is -2.27. The number of carbonyl (C=O) groups is 1. The van der Waals surface area contributed by atoms with Gasteiger partial charge in [0, 0.05) is 13.0 Å². The Labute approximate surface area is 131 Å². The molecule has 2 heterocycles. The van der Waals surface area contributed by atoms with E-state index < -0.39 is 0 Å². The third-order valence-corrected chi connectivity index (χ3v) is 3.74. The van der Waals surface area contributed by atoms with E-state index in [-0.39, 0.29) is 12.1 Å². The minimum absolute atomic E-state index is 0.263. The lowest BCUT2D eigenvalue weighted by Crippen LogP contribution is -2.31. The van der Waals surface area contributed by atoms with Crippen molar-refractivity contribution < 1.29 is 14.3 Å². The summed E-state index contributed by atoms with van der Waals surface area (Å²) in [5.41, 5.74) is 2.44. The predicted octanol–water partition coefficient (Wildman–Crippen LogP) is 3.20. The van der Waals surface area contributed by atoms with Gasteiger partial charge in [-0.1, -0.05) is 20.8 Å². The number of rotatable bonds is 4. The minimum Gasteiger partial charge on any atom is -0.465 e. The molecule has 1 saturated heterocycles. The van der Waals surface area contributed by atoms with Crippen molar-refractivity contribution in [3.05, 3.63) is 29.6 Å². The summed E-state index contributed by atoms with van der Waals surface area (Å²) < 4.78 is 12.4. The third kappa shape index (κ3) is 3.14. The Balaban J connectivity index is 0.000000847. The SMILES string of the molecule is CC.CCc1nc2ccc(C(=O)OC)cc2n1CC1CCO1. The average Bonchev–Trinajstić information content (AvgIpc) is 2.88. The third-order valence-electron chi connectivity index (χ3n) is 3.74. The molecule has 1 unspecified atom stereocenters. The van der Waals surface area contributed by atoms with Crippen LogP contribution in [0.5, 0.6) is 0 Å². The number of esters is 1. The van der Waals surface area contributed by atoms with E-state index in [4.69, 9.17) is 9.47 Å². The number of methoxy groups -OCH3 is 1. The van der Waals surface area contributed by atoms with Crippen molar-refractivity contribution in [1.82, 2.24) is 9.55 Å². The van der Waals surface area contributed by atoms with E-state index in [1.165, 1.54) is 7.11 Å². The Morgan fingerprint density at radius 3 is 2.73 bits per heavy atom. The lowest BCUT2D eigenvalue weighted by molar-refractivity contribution is -0.0589. The summed E-state index contributed by atoms with van der Waals surface area (Å²) in [6.07, 6.45) is 2.20. The highest BCUT2D eigenvalue weighted by Crippen LogP contribution is 2.22. The van der Waals surface area contributed by atoms with Crippen molar-refractivity contribution in [2.75, 3.05) is 13.7 Å². The van der Waals surface area contributed by atoms with Gasteiger partial charge in [0.05, 0.1) is 36.4 Å². The van der Waals surface area contributed by atoms with Crippen molar-refractivity contribution in [2.24, 2.45) is 0 Å². The molecule has 0 aliphatic carbocycles. The molecule has 5 nitrogen and oxygen atoms in total. The molecule has 0 N–H and O–H groups in total. The van der Waals surface area contributed by atoms with Crippen LogP contribution in [0.3, 0.4) is 0 Å². The molecule has 0 spiro atoms. The van der Waals surface area contributed by atoms with Crippen molar-refractivity contribution in [2.45, 2.75) is 46.3 Å². The van der Waals surface area contributed by atoms with E-state index in [0.717, 1.165) is 42.9 Å². The van der Waals surface area contributed by atoms with Crippen molar-refractivity contribution in [3.63, 3.8) is 0 Å². The minimum atomic E-state index is -0.322. The molecule has 1 aromatic carbocycles. The van der Waals surface area contributed by atoms with Crippen LogP contribution >= 0.6 is 0 Å². The Hall–Kier alpha value is -1.88. The van der Waals surface area contributed by atoms with Gasteiger partial charge in [0.25, 0.3) is 0 Å². The van der Waals surface area contributed by atoms with E-state index in [9.17, 15) is 4.79 Å². The zero-order chi connectivity index (χ0) is 16.1. The largest absolute Gasteiger partial charge is 0.465 e. The monoisotopic (exact) mass is 304 g/mol. The van der Waals surface area contributed by atoms with Crippen LogP contribution in [0.1, 0.15) is 43.4 Å². The second kappa shape index (κ2) is 7.40. The van der Waals surface area contributed by atoms with Crippen molar-refractivity contribution >= 4 is 17.0 Å². The molecule has 1 atom stereocenters. The summed E-state index contributed by atoms with van der Waals surface area (Å²) >= 11 is 0. The number of fused-ring (bicyclic) bond motifs is 1. The molecule has 0 bridgehead atoms. The fourth-order valence-electron chi connectivity index (χ4n) is 2.52. The maximum Gasteiger partial charge on any atom is 0.337 e. The maximum atomic E-state index is 11.7. The van der Waals surface area contributed by atoms with Crippen LogP contribution in [0.25, 0.3) is 11.0 Å². The number of hydrogen-bond donors (Lipinski definition) is 0. The highest BCUT2D eigenvalue weighted by atomic mass is 16.5. The van der Waals surface area contributed by atoms with Crippen molar-refractivity contribution in [3.8, 4) is 0 Å². The van der Waals surface area contributed by atoms with Gasteiger partial charge in [-0.2, -0.15) is 0 Å². The fraction of sp³-hybridized carbons (Fsp3) is 0.529. The summed E-state index contributed by atoms with van der Waals surface area (Å²) in [6, 6.07) is 5.48. The molecule has 0 amide bonds. The van der Waals surface area contributed by atoms with Crippen LogP contribution < -0.4 is 0 Å². The van der Waals surface area contributed by atoms with E-state index >= 15 is 0 Å². The summed E-state index contributed by atoms with van der Waals surface area (Å²) in [5, 5.41) is 0. The highest BCUT2D eigenvalue weighted by Gasteiger charge is 2.21. The summed E-state index contributed by atoms with van der Waals surface area (Å²) in [6.45, 7) is 7.72. The highest BCUT2D eigenvalue weighted by molar-refractivity contribution is 5.93. The first-order chi connectivity index (χ1) is 10.7. The molecule has 1 aromatic heterocycles. The molecule has 1 fully saturated rings. The molecule has 120 valence electrons. The Morgan fingerprint density at radius 1 is 1.45 bits per heavy atom. The number of hydrogen-bond acceptors (Lipinski definition) is 4. The van der Waals surface area contributed by atoms with Gasteiger partial charge in [0.15, 0.2) is 0 Å². The summed E-state index contributed by atoms with van der Waals surface area (Å²) in [5.74, 6) is 0.704. The summed E-state index contributed by atoms with van der Waals surface area (Å²) in [4.78, 5) is 16.3. The van der Waals surface area contributed by atoms with Gasteiger partial charge < -0.3 is 14.0 Å². The second-order valence-corrected chi connectivity index (χ2v) is 4.97. The van der Waals surface area contributed by atoms with E-state index in [2.05, 4.69) is 16.5 Å². The van der Waals surface area contributed by atoms with Crippen LogP contribution in [0.15, 0.2) is 18.2 Å². The fourth-order valence-corrected chi connectivity index (χ4v) is 2.52.